The summed E-state index contributed by atoms with van der Waals surface area (Å²) in [5.41, 5.74) is 12.3. The van der Waals surface area contributed by atoms with Crippen molar-refractivity contribution in [3.63, 3.8) is 0 Å². The minimum atomic E-state index is -0.489. The zero-order valence-corrected chi connectivity index (χ0v) is 12.7. The molecule has 7 nitrogen and oxygen atoms in total. The average Bonchev–Trinajstić information content (AvgIpc) is 2.54. The number of anilines is 1. The van der Waals surface area contributed by atoms with Gasteiger partial charge in [0.1, 0.15) is 11.6 Å². The molecule has 24 heavy (non-hydrogen) atoms. The lowest BCUT2D eigenvalue weighted by molar-refractivity contribution is 0.0735. The van der Waals surface area contributed by atoms with Crippen molar-refractivity contribution in [3.8, 4) is 5.75 Å². The molecule has 0 aliphatic rings. The highest BCUT2D eigenvalue weighted by atomic mass is 16.5. The summed E-state index contributed by atoms with van der Waals surface area (Å²) in [6.07, 6.45) is 3.16. The monoisotopic (exact) mass is 323 g/mol. The van der Waals surface area contributed by atoms with E-state index in [1.165, 1.54) is 6.08 Å². The molecule has 0 saturated heterocycles. The summed E-state index contributed by atoms with van der Waals surface area (Å²) in [6, 6.07) is 13.2. The molecule has 0 heterocycles. The minimum Gasteiger partial charge on any atom is -0.423 e. The van der Waals surface area contributed by atoms with Crippen LogP contribution < -0.4 is 21.5 Å². The van der Waals surface area contributed by atoms with Crippen molar-refractivity contribution in [3.05, 3.63) is 65.7 Å². The van der Waals surface area contributed by atoms with Crippen LogP contribution in [0, 0.1) is 10.8 Å². The Morgan fingerprint density at radius 3 is 2.17 bits per heavy atom. The second-order valence-electron chi connectivity index (χ2n) is 4.86. The fourth-order valence-corrected chi connectivity index (χ4v) is 1.84. The molecule has 7 N–H and O–H groups in total. The number of esters is 1. The molecule has 0 fully saturated rings. The van der Waals surface area contributed by atoms with Gasteiger partial charge < -0.3 is 21.5 Å². The minimum absolute atomic E-state index is 0.0341. The van der Waals surface area contributed by atoms with Crippen molar-refractivity contribution < 1.29 is 9.53 Å². The van der Waals surface area contributed by atoms with E-state index in [-0.39, 0.29) is 11.8 Å². The number of carbonyl (C=O) groups excluding carboxylic acids is 1. The fraction of sp³-hybridized carbons (Fsp3) is 0. The third-order valence-electron chi connectivity index (χ3n) is 2.95. The van der Waals surface area contributed by atoms with Gasteiger partial charge in [0.2, 0.25) is 0 Å². The maximum Gasteiger partial charge on any atom is 0.343 e. The quantitative estimate of drug-likeness (QED) is 0.248. The van der Waals surface area contributed by atoms with Crippen molar-refractivity contribution >= 4 is 29.5 Å². The van der Waals surface area contributed by atoms with Gasteiger partial charge in [0.25, 0.3) is 0 Å². The Morgan fingerprint density at radius 1 is 1.00 bits per heavy atom. The number of rotatable bonds is 5. The second kappa shape index (κ2) is 7.59. The van der Waals surface area contributed by atoms with E-state index in [4.69, 9.17) is 27.0 Å². The molecule has 0 unspecified atom stereocenters. The van der Waals surface area contributed by atoms with Crippen LogP contribution in [0.2, 0.25) is 0 Å². The maximum absolute atomic E-state index is 12.1. The van der Waals surface area contributed by atoms with Crippen LogP contribution in [-0.4, -0.2) is 17.8 Å². The number of amidine groups is 1. The largest absolute Gasteiger partial charge is 0.423 e. The molecule has 0 amide bonds. The number of nitrogens with two attached hydrogens (primary N) is 2. The second-order valence-corrected chi connectivity index (χ2v) is 4.86. The maximum atomic E-state index is 12.1. The molecule has 0 saturated carbocycles. The normalized spacial score (nSPS) is 10.3. The predicted octanol–water partition coefficient (Wildman–Crippen LogP) is 2.16. The fourth-order valence-electron chi connectivity index (χ4n) is 1.84. The summed E-state index contributed by atoms with van der Waals surface area (Å²) in [6.45, 7) is 0. The van der Waals surface area contributed by atoms with Gasteiger partial charge in [-0.2, -0.15) is 0 Å². The van der Waals surface area contributed by atoms with Gasteiger partial charge in [-0.3, -0.25) is 10.8 Å². The number of ether oxygens (including phenoxy) is 1. The zero-order chi connectivity index (χ0) is 17.5. The van der Waals surface area contributed by atoms with Crippen molar-refractivity contribution in [2.75, 3.05) is 5.32 Å². The first-order chi connectivity index (χ1) is 11.4. The summed E-state index contributed by atoms with van der Waals surface area (Å²) < 4.78 is 5.28. The van der Waals surface area contributed by atoms with Crippen LogP contribution in [0.1, 0.15) is 15.9 Å². The smallest absolute Gasteiger partial charge is 0.343 e. The Labute approximate surface area is 138 Å². The molecular weight excluding hydrogens is 306 g/mol. The Hall–Kier alpha value is -3.61. The number of hydrogen-bond acceptors (Lipinski definition) is 4. The van der Waals surface area contributed by atoms with Gasteiger partial charge in [0.15, 0.2) is 5.96 Å². The molecule has 0 radical (unpaired) electrons. The first-order valence-electron chi connectivity index (χ1n) is 6.99. The molecule has 0 bridgehead atoms. The van der Waals surface area contributed by atoms with Crippen LogP contribution >= 0.6 is 0 Å². The summed E-state index contributed by atoms with van der Waals surface area (Å²) in [5.74, 6) is -0.292. The molecule has 0 spiro atoms. The lowest BCUT2D eigenvalue weighted by Crippen LogP contribution is -2.20. The summed E-state index contributed by atoms with van der Waals surface area (Å²) >= 11 is 0. The molecule has 7 heteroatoms. The van der Waals surface area contributed by atoms with E-state index in [2.05, 4.69) is 5.32 Å². The lowest BCUT2D eigenvalue weighted by Gasteiger charge is -2.06. The molecule has 0 aromatic heterocycles. The van der Waals surface area contributed by atoms with E-state index in [9.17, 15) is 4.79 Å². The van der Waals surface area contributed by atoms with Crippen LogP contribution in [0.25, 0.3) is 6.08 Å². The number of guanidine groups is 1. The van der Waals surface area contributed by atoms with Crippen molar-refractivity contribution in [1.82, 2.24) is 0 Å². The first kappa shape index (κ1) is 16.8. The summed E-state index contributed by atoms with van der Waals surface area (Å²) in [5, 5.41) is 16.9. The van der Waals surface area contributed by atoms with Crippen LogP contribution in [0.3, 0.4) is 0 Å². The van der Waals surface area contributed by atoms with Gasteiger partial charge in [0.05, 0.1) is 5.56 Å². The Bertz CT molecular complexity index is 780. The van der Waals surface area contributed by atoms with Crippen LogP contribution in [0.5, 0.6) is 5.75 Å². The van der Waals surface area contributed by atoms with Crippen molar-refractivity contribution in [1.29, 1.82) is 10.8 Å². The third kappa shape index (κ3) is 4.99. The van der Waals surface area contributed by atoms with Gasteiger partial charge in [-0.05, 0) is 48.0 Å². The molecule has 2 rings (SSSR count). The van der Waals surface area contributed by atoms with E-state index < -0.39 is 5.97 Å². The molecule has 2 aromatic carbocycles. The topological polar surface area (TPSA) is 138 Å². The number of benzene rings is 2. The Balaban J connectivity index is 2.01. The zero-order valence-electron chi connectivity index (χ0n) is 12.7. The highest BCUT2D eigenvalue weighted by molar-refractivity contribution is 5.94. The van der Waals surface area contributed by atoms with E-state index in [1.54, 1.807) is 54.6 Å². The number of hydrogen-bond donors (Lipinski definition) is 5. The van der Waals surface area contributed by atoms with Crippen LogP contribution in [0.15, 0.2) is 54.6 Å². The summed E-state index contributed by atoms with van der Waals surface area (Å²) in [4.78, 5) is 12.1. The molecule has 0 atom stereocenters. The first-order valence-corrected chi connectivity index (χ1v) is 6.99. The van der Waals surface area contributed by atoms with Gasteiger partial charge in [-0.15, -0.1) is 0 Å². The lowest BCUT2D eigenvalue weighted by atomic mass is 10.2. The van der Waals surface area contributed by atoms with Crippen molar-refractivity contribution in [2.24, 2.45) is 11.5 Å². The molecular formula is C17H17N5O2. The van der Waals surface area contributed by atoms with E-state index >= 15 is 0 Å². The highest BCUT2D eigenvalue weighted by Crippen LogP contribution is 2.16. The Morgan fingerprint density at radius 2 is 1.62 bits per heavy atom. The Kier molecular flexibility index (Phi) is 5.30. The highest BCUT2D eigenvalue weighted by Gasteiger charge is 2.08. The predicted molar refractivity (Wildman–Crippen MR) is 94.3 cm³/mol. The third-order valence-corrected chi connectivity index (χ3v) is 2.95. The van der Waals surface area contributed by atoms with E-state index in [0.717, 1.165) is 5.56 Å². The van der Waals surface area contributed by atoms with E-state index in [1.807, 2.05) is 0 Å². The van der Waals surface area contributed by atoms with Gasteiger partial charge in [-0.25, -0.2) is 4.79 Å². The molecule has 122 valence electrons. The van der Waals surface area contributed by atoms with Gasteiger partial charge in [0, 0.05) is 5.69 Å². The molecule has 0 aliphatic carbocycles. The van der Waals surface area contributed by atoms with Crippen LogP contribution in [0.4, 0.5) is 5.69 Å². The molecule has 2 aromatic rings. The molecule has 0 aliphatic heterocycles. The summed E-state index contributed by atoms with van der Waals surface area (Å²) in [7, 11) is 0. The number of nitrogens with one attached hydrogen (secondary N) is 3. The SMILES string of the molecule is N=C(N)C=Cc1ccc(OC(=O)c2ccc(NC(=N)N)cc2)cc1. The average molecular weight is 323 g/mol. The van der Waals surface area contributed by atoms with E-state index in [0.29, 0.717) is 17.0 Å². The van der Waals surface area contributed by atoms with Crippen molar-refractivity contribution in [2.45, 2.75) is 0 Å². The van der Waals surface area contributed by atoms with Gasteiger partial charge >= 0.3 is 5.97 Å². The standard InChI is InChI=1S/C17H17N5O2/c18-15(19)10-3-11-1-8-14(9-2-11)24-16(23)12-4-6-13(7-5-12)22-17(20)21/h1-10H,(H3,18,19)(H4,20,21,22). The van der Waals surface area contributed by atoms with Gasteiger partial charge in [-0.1, -0.05) is 18.2 Å². The van der Waals surface area contributed by atoms with Crippen LogP contribution in [-0.2, 0) is 0 Å². The number of carbonyl (C=O) groups is 1.